The number of aryl methyl sites for hydroxylation is 1. The molecule has 0 aliphatic rings. The molecule has 4 nitrogen and oxygen atoms in total. The monoisotopic (exact) mass is 191 g/mol. The molecule has 0 aliphatic carbocycles. The molecular weight excluding hydrogens is 178 g/mol. The third-order valence-corrected chi connectivity index (χ3v) is 2.25. The van der Waals surface area contributed by atoms with Crippen molar-refractivity contribution < 1.29 is 4.84 Å². The average molecular weight is 191 g/mol. The van der Waals surface area contributed by atoms with Gasteiger partial charge >= 0.3 is 0 Å². The Morgan fingerprint density at radius 3 is 2.93 bits per heavy atom. The fraction of sp³-hybridized carbons (Fsp3) is 0.300. The summed E-state index contributed by atoms with van der Waals surface area (Å²) in [6.07, 6.45) is 0. The SMILES string of the molecule is CCn1nc(CON)c2ccccc21. The molecule has 74 valence electrons. The van der Waals surface area contributed by atoms with Crippen LogP contribution in [0.1, 0.15) is 12.6 Å². The number of benzene rings is 1. The summed E-state index contributed by atoms with van der Waals surface area (Å²) in [6, 6.07) is 8.07. The summed E-state index contributed by atoms with van der Waals surface area (Å²) in [5.41, 5.74) is 2.02. The topological polar surface area (TPSA) is 53.1 Å². The molecule has 0 saturated heterocycles. The van der Waals surface area contributed by atoms with Gasteiger partial charge in [0, 0.05) is 11.9 Å². The number of fused-ring (bicyclic) bond motifs is 1. The fourth-order valence-corrected chi connectivity index (χ4v) is 1.62. The van der Waals surface area contributed by atoms with Crippen LogP contribution in [0, 0.1) is 0 Å². The average Bonchev–Trinajstić information content (AvgIpc) is 2.58. The van der Waals surface area contributed by atoms with Crippen molar-refractivity contribution in [3.63, 3.8) is 0 Å². The second-order valence-electron chi connectivity index (χ2n) is 3.09. The highest BCUT2D eigenvalue weighted by molar-refractivity contribution is 5.81. The number of hydrogen-bond acceptors (Lipinski definition) is 3. The maximum Gasteiger partial charge on any atom is 0.112 e. The van der Waals surface area contributed by atoms with Gasteiger partial charge in [-0.15, -0.1) is 0 Å². The summed E-state index contributed by atoms with van der Waals surface area (Å²) in [4.78, 5) is 4.62. The minimum Gasteiger partial charge on any atom is -0.298 e. The van der Waals surface area contributed by atoms with E-state index in [1.165, 1.54) is 0 Å². The van der Waals surface area contributed by atoms with Gasteiger partial charge in [-0.05, 0) is 13.0 Å². The predicted molar refractivity (Wildman–Crippen MR) is 54.4 cm³/mol. The molecule has 2 rings (SSSR count). The third-order valence-electron chi connectivity index (χ3n) is 2.25. The lowest BCUT2D eigenvalue weighted by Crippen LogP contribution is -2.01. The number of para-hydroxylation sites is 1. The van der Waals surface area contributed by atoms with Crippen molar-refractivity contribution in [2.75, 3.05) is 0 Å². The highest BCUT2D eigenvalue weighted by Crippen LogP contribution is 2.18. The van der Waals surface area contributed by atoms with Crippen molar-refractivity contribution in [1.82, 2.24) is 9.78 Å². The first-order valence-corrected chi connectivity index (χ1v) is 4.63. The van der Waals surface area contributed by atoms with Crippen LogP contribution in [0.5, 0.6) is 0 Å². The molecule has 0 bridgehead atoms. The van der Waals surface area contributed by atoms with Gasteiger partial charge in [-0.25, -0.2) is 5.90 Å². The van der Waals surface area contributed by atoms with Gasteiger partial charge in [0.2, 0.25) is 0 Å². The Hall–Kier alpha value is -1.39. The molecule has 14 heavy (non-hydrogen) atoms. The Morgan fingerprint density at radius 1 is 1.43 bits per heavy atom. The lowest BCUT2D eigenvalue weighted by Gasteiger charge is -1.95. The van der Waals surface area contributed by atoms with E-state index >= 15 is 0 Å². The van der Waals surface area contributed by atoms with E-state index in [0.29, 0.717) is 6.61 Å². The summed E-state index contributed by atoms with van der Waals surface area (Å²) in [5.74, 6) is 5.05. The molecule has 1 heterocycles. The smallest absolute Gasteiger partial charge is 0.112 e. The van der Waals surface area contributed by atoms with Gasteiger partial charge in [-0.2, -0.15) is 5.10 Å². The van der Waals surface area contributed by atoms with Crippen LogP contribution >= 0.6 is 0 Å². The molecule has 0 unspecified atom stereocenters. The number of aromatic nitrogens is 2. The lowest BCUT2D eigenvalue weighted by molar-refractivity contribution is 0.121. The molecule has 0 aliphatic heterocycles. The van der Waals surface area contributed by atoms with Crippen LogP contribution in [0.2, 0.25) is 0 Å². The summed E-state index contributed by atoms with van der Waals surface area (Å²) >= 11 is 0. The molecular formula is C10H13N3O. The first kappa shape index (κ1) is 9.18. The minimum absolute atomic E-state index is 0.355. The Bertz CT molecular complexity index is 436. The number of rotatable bonds is 3. The van der Waals surface area contributed by atoms with E-state index in [1.807, 2.05) is 28.9 Å². The molecule has 1 aromatic heterocycles. The standard InChI is InChI=1S/C10H13N3O/c1-2-13-10-6-4-3-5-8(10)9(12-13)7-14-11/h3-6H,2,7,11H2,1H3. The zero-order valence-electron chi connectivity index (χ0n) is 8.10. The molecule has 0 atom stereocenters. The van der Waals surface area contributed by atoms with E-state index < -0.39 is 0 Å². The van der Waals surface area contributed by atoms with Crippen LogP contribution in [-0.4, -0.2) is 9.78 Å². The van der Waals surface area contributed by atoms with E-state index in [-0.39, 0.29) is 0 Å². The van der Waals surface area contributed by atoms with Gasteiger partial charge < -0.3 is 0 Å². The van der Waals surface area contributed by atoms with Gasteiger partial charge in [0.15, 0.2) is 0 Å². The summed E-state index contributed by atoms with van der Waals surface area (Å²) in [5, 5.41) is 5.52. The van der Waals surface area contributed by atoms with Crippen LogP contribution in [0.25, 0.3) is 10.9 Å². The van der Waals surface area contributed by atoms with Crippen molar-refractivity contribution in [2.24, 2.45) is 5.90 Å². The largest absolute Gasteiger partial charge is 0.298 e. The van der Waals surface area contributed by atoms with Gasteiger partial charge in [0.1, 0.15) is 6.61 Å². The Kier molecular flexibility index (Phi) is 2.47. The van der Waals surface area contributed by atoms with Crippen molar-refractivity contribution >= 4 is 10.9 Å². The molecule has 0 saturated carbocycles. The van der Waals surface area contributed by atoms with E-state index in [4.69, 9.17) is 5.90 Å². The lowest BCUT2D eigenvalue weighted by atomic mass is 10.2. The summed E-state index contributed by atoms with van der Waals surface area (Å²) in [6.45, 7) is 3.27. The number of nitrogens with zero attached hydrogens (tertiary/aromatic N) is 2. The van der Waals surface area contributed by atoms with Crippen LogP contribution in [0.3, 0.4) is 0 Å². The molecule has 0 radical (unpaired) electrons. The Labute approximate surface area is 82.2 Å². The Balaban J connectivity index is 2.61. The van der Waals surface area contributed by atoms with Crippen LogP contribution in [0.4, 0.5) is 0 Å². The first-order chi connectivity index (χ1) is 6.86. The highest BCUT2D eigenvalue weighted by Gasteiger charge is 2.07. The highest BCUT2D eigenvalue weighted by atomic mass is 16.6. The van der Waals surface area contributed by atoms with Crippen LogP contribution in [0.15, 0.2) is 24.3 Å². The van der Waals surface area contributed by atoms with Crippen molar-refractivity contribution in [1.29, 1.82) is 0 Å². The second kappa shape index (κ2) is 3.77. The maximum atomic E-state index is 5.05. The molecule has 2 N–H and O–H groups in total. The molecule has 4 heteroatoms. The van der Waals surface area contributed by atoms with Gasteiger partial charge in [0.05, 0.1) is 11.2 Å². The van der Waals surface area contributed by atoms with Gasteiger partial charge in [-0.1, -0.05) is 18.2 Å². The maximum absolute atomic E-state index is 5.05. The van der Waals surface area contributed by atoms with Gasteiger partial charge in [0.25, 0.3) is 0 Å². The first-order valence-electron chi connectivity index (χ1n) is 4.63. The Morgan fingerprint density at radius 2 is 2.21 bits per heavy atom. The van der Waals surface area contributed by atoms with Crippen LogP contribution < -0.4 is 5.90 Å². The summed E-state index contributed by atoms with van der Waals surface area (Å²) < 4.78 is 1.95. The second-order valence-corrected chi connectivity index (χ2v) is 3.09. The number of hydrogen-bond donors (Lipinski definition) is 1. The van der Waals surface area contributed by atoms with E-state index in [1.54, 1.807) is 0 Å². The molecule has 0 spiro atoms. The predicted octanol–water partition coefficient (Wildman–Crippen LogP) is 1.45. The number of nitrogens with two attached hydrogens (primary N) is 1. The molecule has 2 aromatic rings. The molecule has 0 fully saturated rings. The van der Waals surface area contributed by atoms with Gasteiger partial charge in [-0.3, -0.25) is 9.52 Å². The molecule has 0 amide bonds. The van der Waals surface area contributed by atoms with Crippen molar-refractivity contribution in [3.05, 3.63) is 30.0 Å². The quantitative estimate of drug-likeness (QED) is 0.747. The minimum atomic E-state index is 0.355. The van der Waals surface area contributed by atoms with E-state index in [9.17, 15) is 0 Å². The normalized spacial score (nSPS) is 11.0. The zero-order valence-corrected chi connectivity index (χ0v) is 8.10. The summed E-state index contributed by atoms with van der Waals surface area (Å²) in [7, 11) is 0. The third kappa shape index (κ3) is 1.38. The fourth-order valence-electron chi connectivity index (χ4n) is 1.62. The molecule has 1 aromatic carbocycles. The van der Waals surface area contributed by atoms with Crippen molar-refractivity contribution in [3.8, 4) is 0 Å². The van der Waals surface area contributed by atoms with Crippen molar-refractivity contribution in [2.45, 2.75) is 20.1 Å². The van der Waals surface area contributed by atoms with E-state index in [0.717, 1.165) is 23.1 Å². The van der Waals surface area contributed by atoms with E-state index in [2.05, 4.69) is 16.9 Å². The van der Waals surface area contributed by atoms with Crippen LogP contribution in [-0.2, 0) is 18.0 Å². The zero-order chi connectivity index (χ0) is 9.97.